The molecule has 102 valence electrons. The Morgan fingerprint density at radius 3 is 2.65 bits per heavy atom. The van der Waals surface area contributed by atoms with E-state index in [1.165, 1.54) is 11.9 Å². The minimum absolute atomic E-state index is 0.454. The van der Waals surface area contributed by atoms with E-state index in [-0.39, 0.29) is 0 Å². The van der Waals surface area contributed by atoms with Crippen LogP contribution in [-0.2, 0) is 0 Å². The molecule has 3 aromatic rings. The van der Waals surface area contributed by atoms with E-state index >= 15 is 0 Å². The highest BCUT2D eigenvalue weighted by molar-refractivity contribution is 7.16. The first-order chi connectivity index (χ1) is 9.83. The third-order valence-electron chi connectivity index (χ3n) is 2.84. The Labute approximate surface area is 121 Å². The maximum atomic E-state index is 5.65. The molecule has 1 aromatic carbocycles. The number of aryl methyl sites for hydroxylation is 1. The minimum atomic E-state index is 0.454. The van der Waals surface area contributed by atoms with Crippen LogP contribution >= 0.6 is 11.3 Å². The van der Waals surface area contributed by atoms with Crippen LogP contribution in [0.3, 0.4) is 0 Å². The summed E-state index contributed by atoms with van der Waals surface area (Å²) < 4.78 is 11.3. The van der Waals surface area contributed by atoms with Crippen LogP contribution in [0.2, 0.25) is 0 Å². The van der Waals surface area contributed by atoms with Crippen molar-refractivity contribution >= 4 is 21.6 Å². The molecule has 0 unspecified atom stereocenters. The molecule has 20 heavy (non-hydrogen) atoms. The van der Waals surface area contributed by atoms with Gasteiger partial charge in [-0.05, 0) is 30.5 Å². The molecule has 0 fully saturated rings. The van der Waals surface area contributed by atoms with Crippen LogP contribution in [0, 0.1) is 6.92 Å². The third-order valence-corrected chi connectivity index (χ3v) is 3.66. The van der Waals surface area contributed by atoms with Crippen molar-refractivity contribution in [3.05, 3.63) is 47.6 Å². The van der Waals surface area contributed by atoms with Gasteiger partial charge < -0.3 is 9.47 Å². The Hall–Kier alpha value is -2.14. The maximum Gasteiger partial charge on any atom is 0.225 e. The zero-order valence-electron chi connectivity index (χ0n) is 11.1. The lowest BCUT2D eigenvalue weighted by molar-refractivity contribution is 0.213. The second kappa shape index (κ2) is 5.88. The molecule has 0 bridgehead atoms. The van der Waals surface area contributed by atoms with Gasteiger partial charge in [-0.1, -0.05) is 17.7 Å². The molecule has 0 radical (unpaired) electrons. The lowest BCUT2D eigenvalue weighted by Crippen LogP contribution is -2.09. The van der Waals surface area contributed by atoms with Gasteiger partial charge in [-0.3, -0.25) is 0 Å². The summed E-state index contributed by atoms with van der Waals surface area (Å²) >= 11 is 1.58. The fraction of sp³-hybridized carbons (Fsp3) is 0.200. The van der Waals surface area contributed by atoms with Crippen LogP contribution < -0.4 is 9.47 Å². The zero-order chi connectivity index (χ0) is 13.8. The number of aromatic nitrogens is 2. The lowest BCUT2D eigenvalue weighted by Gasteiger charge is -2.08. The lowest BCUT2D eigenvalue weighted by atomic mass is 10.2. The molecule has 0 atom stereocenters. The van der Waals surface area contributed by atoms with Gasteiger partial charge in [-0.15, -0.1) is 11.3 Å². The second-order valence-corrected chi connectivity index (χ2v) is 5.22. The molecule has 0 aliphatic heterocycles. The SMILES string of the molecule is Cc1ccc(OCCOc2ncnc3sccc23)cc1. The highest BCUT2D eigenvalue weighted by Gasteiger charge is 2.05. The smallest absolute Gasteiger partial charge is 0.225 e. The van der Waals surface area contributed by atoms with E-state index < -0.39 is 0 Å². The number of benzene rings is 1. The molecular weight excluding hydrogens is 272 g/mol. The maximum absolute atomic E-state index is 5.65. The van der Waals surface area contributed by atoms with Crippen molar-refractivity contribution in [2.45, 2.75) is 6.92 Å². The Kier molecular flexibility index (Phi) is 3.78. The highest BCUT2D eigenvalue weighted by Crippen LogP contribution is 2.25. The van der Waals surface area contributed by atoms with Gasteiger partial charge in [0.2, 0.25) is 5.88 Å². The van der Waals surface area contributed by atoms with Gasteiger partial charge in [-0.25, -0.2) is 9.97 Å². The van der Waals surface area contributed by atoms with Crippen LogP contribution in [0.1, 0.15) is 5.56 Å². The molecular formula is C15H14N2O2S. The molecule has 0 N–H and O–H groups in total. The van der Waals surface area contributed by atoms with Crippen molar-refractivity contribution in [2.75, 3.05) is 13.2 Å². The standard InChI is InChI=1S/C15H14N2O2S/c1-11-2-4-12(5-3-11)18-7-8-19-14-13-6-9-20-15(13)17-10-16-14/h2-6,9-10H,7-8H2,1H3. The van der Waals surface area contributed by atoms with Crippen LogP contribution in [0.4, 0.5) is 0 Å². The van der Waals surface area contributed by atoms with E-state index in [1.807, 2.05) is 42.6 Å². The van der Waals surface area contributed by atoms with Crippen molar-refractivity contribution in [1.82, 2.24) is 9.97 Å². The molecule has 0 spiro atoms. The summed E-state index contributed by atoms with van der Waals surface area (Å²) in [5, 5.41) is 2.93. The van der Waals surface area contributed by atoms with Crippen LogP contribution in [0.5, 0.6) is 11.6 Å². The van der Waals surface area contributed by atoms with Crippen molar-refractivity contribution in [1.29, 1.82) is 0 Å². The molecule has 3 rings (SSSR count). The largest absolute Gasteiger partial charge is 0.490 e. The summed E-state index contributed by atoms with van der Waals surface area (Å²) in [5.41, 5.74) is 1.22. The molecule has 2 aromatic heterocycles. The number of hydrogen-bond acceptors (Lipinski definition) is 5. The Bertz CT molecular complexity index is 694. The van der Waals surface area contributed by atoms with E-state index in [2.05, 4.69) is 9.97 Å². The number of hydrogen-bond donors (Lipinski definition) is 0. The highest BCUT2D eigenvalue weighted by atomic mass is 32.1. The third kappa shape index (κ3) is 2.88. The second-order valence-electron chi connectivity index (χ2n) is 4.33. The quantitative estimate of drug-likeness (QED) is 0.674. The van der Waals surface area contributed by atoms with E-state index in [1.54, 1.807) is 11.3 Å². The predicted octanol–water partition coefficient (Wildman–Crippen LogP) is 3.46. The van der Waals surface area contributed by atoms with E-state index in [0.717, 1.165) is 16.0 Å². The first-order valence-corrected chi connectivity index (χ1v) is 7.21. The Balaban J connectivity index is 1.55. The molecule has 0 saturated carbocycles. The average Bonchev–Trinajstić information content (AvgIpc) is 2.94. The van der Waals surface area contributed by atoms with Gasteiger partial charge in [0.05, 0.1) is 5.39 Å². The summed E-state index contributed by atoms with van der Waals surface area (Å²) in [6.07, 6.45) is 1.52. The Morgan fingerprint density at radius 1 is 1.00 bits per heavy atom. The van der Waals surface area contributed by atoms with Crippen molar-refractivity contribution in [3.8, 4) is 11.6 Å². The molecule has 0 amide bonds. The van der Waals surface area contributed by atoms with Gasteiger partial charge in [0, 0.05) is 0 Å². The Morgan fingerprint density at radius 2 is 1.80 bits per heavy atom. The first-order valence-electron chi connectivity index (χ1n) is 6.33. The van der Waals surface area contributed by atoms with Crippen molar-refractivity contribution in [2.24, 2.45) is 0 Å². The van der Waals surface area contributed by atoms with Gasteiger partial charge >= 0.3 is 0 Å². The first kappa shape index (κ1) is 12.9. The topological polar surface area (TPSA) is 44.2 Å². The normalized spacial score (nSPS) is 10.7. The predicted molar refractivity (Wildman–Crippen MR) is 79.6 cm³/mol. The van der Waals surface area contributed by atoms with Gasteiger partial charge in [0.25, 0.3) is 0 Å². The fourth-order valence-corrected chi connectivity index (χ4v) is 2.54. The molecule has 0 saturated heterocycles. The number of nitrogens with zero attached hydrogens (tertiary/aromatic N) is 2. The number of ether oxygens (including phenoxy) is 2. The summed E-state index contributed by atoms with van der Waals surface area (Å²) in [7, 11) is 0. The van der Waals surface area contributed by atoms with Crippen molar-refractivity contribution < 1.29 is 9.47 Å². The summed E-state index contributed by atoms with van der Waals surface area (Å²) in [4.78, 5) is 9.27. The van der Waals surface area contributed by atoms with E-state index in [4.69, 9.17) is 9.47 Å². The number of rotatable bonds is 5. The average molecular weight is 286 g/mol. The summed E-state index contributed by atoms with van der Waals surface area (Å²) in [5.74, 6) is 1.46. The number of thiophene rings is 1. The molecule has 0 aliphatic rings. The minimum Gasteiger partial charge on any atom is -0.490 e. The molecule has 4 nitrogen and oxygen atoms in total. The zero-order valence-corrected chi connectivity index (χ0v) is 11.9. The molecule has 5 heteroatoms. The van der Waals surface area contributed by atoms with Gasteiger partial charge in [0.1, 0.15) is 30.1 Å². The van der Waals surface area contributed by atoms with Crippen LogP contribution in [0.25, 0.3) is 10.2 Å². The van der Waals surface area contributed by atoms with Crippen LogP contribution in [-0.4, -0.2) is 23.2 Å². The molecule has 0 aliphatic carbocycles. The van der Waals surface area contributed by atoms with E-state index in [9.17, 15) is 0 Å². The fourth-order valence-electron chi connectivity index (χ4n) is 1.81. The number of fused-ring (bicyclic) bond motifs is 1. The molecule has 2 heterocycles. The summed E-state index contributed by atoms with van der Waals surface area (Å²) in [6.45, 7) is 2.99. The summed E-state index contributed by atoms with van der Waals surface area (Å²) in [6, 6.07) is 9.93. The van der Waals surface area contributed by atoms with Crippen molar-refractivity contribution in [3.63, 3.8) is 0 Å². The van der Waals surface area contributed by atoms with Gasteiger partial charge in [0.15, 0.2) is 0 Å². The van der Waals surface area contributed by atoms with Gasteiger partial charge in [-0.2, -0.15) is 0 Å². The van der Waals surface area contributed by atoms with E-state index in [0.29, 0.717) is 19.1 Å². The van der Waals surface area contributed by atoms with Crippen LogP contribution in [0.15, 0.2) is 42.0 Å². The monoisotopic (exact) mass is 286 g/mol.